The minimum atomic E-state index is -0.577. The highest BCUT2D eigenvalue weighted by Crippen LogP contribution is 2.26. The number of hydrogen-bond acceptors (Lipinski definition) is 3. The van der Waals surface area contributed by atoms with Crippen LogP contribution in [0.5, 0.6) is 0 Å². The fourth-order valence-corrected chi connectivity index (χ4v) is 2.26. The molecule has 0 radical (unpaired) electrons. The van der Waals surface area contributed by atoms with Crippen LogP contribution in [0, 0.1) is 11.6 Å². The van der Waals surface area contributed by atoms with Crippen LogP contribution < -0.4 is 0 Å². The second kappa shape index (κ2) is 4.92. The Labute approximate surface area is 103 Å². The van der Waals surface area contributed by atoms with Gasteiger partial charge in [0.25, 0.3) is 0 Å². The van der Waals surface area contributed by atoms with Crippen molar-refractivity contribution >= 4 is 27.7 Å². The average Bonchev–Trinajstić information content (AvgIpc) is 2.77. The zero-order valence-corrected chi connectivity index (χ0v) is 10.3. The lowest BCUT2D eigenvalue weighted by Gasteiger charge is -2.04. The highest BCUT2D eigenvalue weighted by Gasteiger charge is 2.13. The number of H-pyrrole nitrogens is 1. The second-order valence-electron chi connectivity index (χ2n) is 2.90. The first-order valence-corrected chi connectivity index (χ1v) is 6.07. The van der Waals surface area contributed by atoms with Crippen molar-refractivity contribution in [3.63, 3.8) is 0 Å². The SMILES string of the molecule is Fc1ccc(Br)c(F)c1CSc1ncn[nH]1. The molecule has 0 amide bonds. The second-order valence-corrected chi connectivity index (χ2v) is 4.72. The van der Waals surface area contributed by atoms with Crippen molar-refractivity contribution in [3.05, 3.63) is 40.1 Å². The van der Waals surface area contributed by atoms with E-state index in [1.807, 2.05) is 0 Å². The third kappa shape index (κ3) is 2.41. The van der Waals surface area contributed by atoms with Crippen molar-refractivity contribution in [3.8, 4) is 0 Å². The highest BCUT2D eigenvalue weighted by atomic mass is 79.9. The van der Waals surface area contributed by atoms with E-state index < -0.39 is 11.6 Å². The number of benzene rings is 1. The topological polar surface area (TPSA) is 41.6 Å². The molecule has 1 aromatic heterocycles. The van der Waals surface area contributed by atoms with Crippen LogP contribution in [0.4, 0.5) is 8.78 Å². The van der Waals surface area contributed by atoms with Gasteiger partial charge in [0, 0.05) is 11.3 Å². The van der Waals surface area contributed by atoms with Crippen LogP contribution in [0.15, 0.2) is 28.1 Å². The van der Waals surface area contributed by atoms with Crippen molar-refractivity contribution in [1.82, 2.24) is 15.2 Å². The summed E-state index contributed by atoms with van der Waals surface area (Å²) in [5.41, 5.74) is 0.0239. The minimum Gasteiger partial charge on any atom is -0.254 e. The molecule has 0 fully saturated rings. The number of nitrogens with one attached hydrogen (secondary N) is 1. The van der Waals surface area contributed by atoms with Gasteiger partial charge in [0.15, 0.2) is 5.16 Å². The van der Waals surface area contributed by atoms with E-state index in [1.54, 1.807) is 0 Å². The first kappa shape index (κ1) is 11.5. The highest BCUT2D eigenvalue weighted by molar-refractivity contribution is 9.10. The summed E-state index contributed by atoms with van der Waals surface area (Å²) in [6, 6.07) is 2.57. The van der Waals surface area contributed by atoms with E-state index in [9.17, 15) is 8.78 Å². The lowest BCUT2D eigenvalue weighted by atomic mass is 10.2. The molecule has 0 saturated carbocycles. The summed E-state index contributed by atoms with van der Waals surface area (Å²) < 4.78 is 27.1. The molecule has 0 saturated heterocycles. The van der Waals surface area contributed by atoms with Gasteiger partial charge in [0.1, 0.15) is 18.0 Å². The summed E-state index contributed by atoms with van der Waals surface area (Å²) in [7, 11) is 0. The Morgan fingerprint density at radius 3 is 2.88 bits per heavy atom. The van der Waals surface area contributed by atoms with Gasteiger partial charge in [-0.2, -0.15) is 5.10 Å². The molecule has 84 valence electrons. The summed E-state index contributed by atoms with van der Waals surface area (Å²) >= 11 is 4.20. The molecule has 7 heteroatoms. The van der Waals surface area contributed by atoms with Crippen molar-refractivity contribution in [2.24, 2.45) is 0 Å². The zero-order chi connectivity index (χ0) is 11.5. The van der Waals surface area contributed by atoms with Gasteiger partial charge in [-0.1, -0.05) is 11.8 Å². The number of halogens is 3. The third-order valence-electron chi connectivity index (χ3n) is 1.89. The summed E-state index contributed by atoms with van der Waals surface area (Å²) in [4.78, 5) is 3.85. The maximum absolute atomic E-state index is 13.5. The molecule has 0 atom stereocenters. The molecule has 2 aromatic rings. The normalized spacial score (nSPS) is 10.7. The molecular formula is C9H6BrF2N3S. The van der Waals surface area contributed by atoms with Gasteiger partial charge < -0.3 is 0 Å². The summed E-state index contributed by atoms with van der Waals surface area (Å²) in [6.45, 7) is 0. The number of nitrogens with zero attached hydrogens (tertiary/aromatic N) is 2. The maximum Gasteiger partial charge on any atom is 0.183 e. The molecule has 1 heterocycles. The van der Waals surface area contributed by atoms with Crippen LogP contribution in [-0.4, -0.2) is 15.2 Å². The largest absolute Gasteiger partial charge is 0.254 e. The van der Waals surface area contributed by atoms with E-state index in [4.69, 9.17) is 0 Å². The fraction of sp³-hybridized carbons (Fsp3) is 0.111. The van der Waals surface area contributed by atoms with Crippen molar-refractivity contribution in [2.45, 2.75) is 10.9 Å². The van der Waals surface area contributed by atoms with Gasteiger partial charge in [-0.15, -0.1) is 0 Å². The summed E-state index contributed by atoms with van der Waals surface area (Å²) in [6.07, 6.45) is 1.34. The molecule has 1 aromatic carbocycles. The molecule has 0 aliphatic rings. The summed E-state index contributed by atoms with van der Waals surface area (Å²) in [5.74, 6) is -0.980. The predicted octanol–water partition coefficient (Wildman–Crippen LogP) is 3.14. The predicted molar refractivity (Wildman–Crippen MR) is 60.0 cm³/mol. The molecule has 1 N–H and O–H groups in total. The van der Waals surface area contributed by atoms with Crippen LogP contribution in [0.2, 0.25) is 0 Å². The number of aromatic amines is 1. The first-order chi connectivity index (χ1) is 7.68. The van der Waals surface area contributed by atoms with Gasteiger partial charge in [-0.05, 0) is 28.1 Å². The Kier molecular flexibility index (Phi) is 3.55. The van der Waals surface area contributed by atoms with E-state index in [-0.39, 0.29) is 15.8 Å². The van der Waals surface area contributed by atoms with Crippen LogP contribution in [0.1, 0.15) is 5.56 Å². The molecule has 16 heavy (non-hydrogen) atoms. The Hall–Kier alpha value is -0.950. The molecular weight excluding hydrogens is 300 g/mol. The number of rotatable bonds is 3. The van der Waals surface area contributed by atoms with E-state index in [1.165, 1.54) is 30.2 Å². The standard InChI is InChI=1S/C9H6BrF2N3S/c10-6-1-2-7(11)5(8(6)12)3-16-9-13-4-14-15-9/h1-2,4H,3H2,(H,13,14,15). The molecule has 0 unspecified atom stereocenters. The molecule has 0 spiro atoms. The first-order valence-electron chi connectivity index (χ1n) is 4.29. The van der Waals surface area contributed by atoms with Gasteiger partial charge in [0.2, 0.25) is 0 Å². The molecule has 3 nitrogen and oxygen atoms in total. The van der Waals surface area contributed by atoms with Crippen LogP contribution >= 0.6 is 27.7 Å². The van der Waals surface area contributed by atoms with E-state index in [2.05, 4.69) is 31.1 Å². The van der Waals surface area contributed by atoms with Crippen LogP contribution in [-0.2, 0) is 5.75 Å². The smallest absolute Gasteiger partial charge is 0.183 e. The quantitative estimate of drug-likeness (QED) is 0.700. The van der Waals surface area contributed by atoms with Gasteiger partial charge >= 0.3 is 0 Å². The van der Waals surface area contributed by atoms with Crippen LogP contribution in [0.25, 0.3) is 0 Å². The number of aromatic nitrogens is 3. The van der Waals surface area contributed by atoms with Gasteiger partial charge in [0.05, 0.1) is 4.47 Å². The molecule has 0 bridgehead atoms. The zero-order valence-electron chi connectivity index (χ0n) is 7.88. The minimum absolute atomic E-state index is 0.0239. The van der Waals surface area contributed by atoms with Crippen molar-refractivity contribution in [1.29, 1.82) is 0 Å². The van der Waals surface area contributed by atoms with Gasteiger partial charge in [-0.3, -0.25) is 5.10 Å². The number of thioether (sulfide) groups is 1. The number of hydrogen-bond donors (Lipinski definition) is 1. The molecule has 0 aliphatic heterocycles. The molecule has 2 rings (SSSR count). The van der Waals surface area contributed by atoms with E-state index >= 15 is 0 Å². The van der Waals surface area contributed by atoms with E-state index in [0.29, 0.717) is 5.16 Å². The lowest BCUT2D eigenvalue weighted by molar-refractivity contribution is 0.562. The van der Waals surface area contributed by atoms with Crippen molar-refractivity contribution < 1.29 is 8.78 Å². The fourth-order valence-electron chi connectivity index (χ4n) is 1.11. The maximum atomic E-state index is 13.5. The Bertz CT molecular complexity index is 490. The average molecular weight is 306 g/mol. The van der Waals surface area contributed by atoms with E-state index in [0.717, 1.165) is 0 Å². The summed E-state index contributed by atoms with van der Waals surface area (Å²) in [5, 5.41) is 6.78. The Morgan fingerprint density at radius 2 is 2.19 bits per heavy atom. The Balaban J connectivity index is 2.18. The van der Waals surface area contributed by atoms with Crippen LogP contribution in [0.3, 0.4) is 0 Å². The van der Waals surface area contributed by atoms with Crippen molar-refractivity contribution in [2.75, 3.05) is 0 Å². The third-order valence-corrected chi connectivity index (χ3v) is 3.40. The monoisotopic (exact) mass is 305 g/mol. The lowest BCUT2D eigenvalue weighted by Crippen LogP contribution is -1.94. The Morgan fingerprint density at radius 1 is 1.38 bits per heavy atom. The molecule has 0 aliphatic carbocycles. The van der Waals surface area contributed by atoms with Gasteiger partial charge in [-0.25, -0.2) is 13.8 Å².